The maximum Gasteiger partial charge on any atom is 0.206 e. The van der Waals surface area contributed by atoms with Gasteiger partial charge in [0.15, 0.2) is 11.5 Å². The van der Waals surface area contributed by atoms with Crippen LogP contribution < -0.4 is 0 Å². The van der Waals surface area contributed by atoms with Crippen LogP contribution in [0, 0.1) is 39.4 Å². The maximum absolute atomic E-state index is 14.2. The summed E-state index contributed by atoms with van der Waals surface area (Å²) >= 11 is 0. The van der Waals surface area contributed by atoms with Crippen molar-refractivity contribution in [3.63, 3.8) is 0 Å². The third-order valence-corrected chi connectivity index (χ3v) is 11.2. The standard InChI is InChI=1S/C30H44O7/c1-25(2,36)12-11-21(33)30(8,37)23-19(32)14-27(5)20-10-9-16-17(13-18(31)24(35)26(16,3)4)29(20,7)22(34)15-28(23,27)6/h9,13,17,19-20,23,31-32,36-37H,10-12,14-15H2,1-8H3/t17-,19-,20+,23?,27+,28-,29+,30?/m1/s1. The van der Waals surface area contributed by atoms with Crippen molar-refractivity contribution in [2.24, 2.45) is 39.4 Å². The molecule has 7 nitrogen and oxygen atoms in total. The van der Waals surface area contributed by atoms with E-state index in [-0.39, 0.29) is 42.5 Å². The summed E-state index contributed by atoms with van der Waals surface area (Å²) in [5.41, 5.74) is -5.39. The Morgan fingerprint density at radius 2 is 1.65 bits per heavy atom. The van der Waals surface area contributed by atoms with Crippen LogP contribution in [-0.2, 0) is 14.4 Å². The van der Waals surface area contributed by atoms with Crippen molar-refractivity contribution in [2.75, 3.05) is 0 Å². The molecule has 4 rings (SSSR count). The van der Waals surface area contributed by atoms with E-state index in [1.54, 1.807) is 27.7 Å². The zero-order valence-electron chi connectivity index (χ0n) is 23.5. The molecular formula is C30H44O7. The van der Waals surface area contributed by atoms with E-state index in [1.807, 2.05) is 19.9 Å². The first kappa shape index (κ1) is 28.2. The lowest BCUT2D eigenvalue weighted by molar-refractivity contribution is -0.181. The van der Waals surface area contributed by atoms with Crippen LogP contribution in [0.1, 0.15) is 87.5 Å². The number of allylic oxidation sites excluding steroid dienone is 4. The third-order valence-electron chi connectivity index (χ3n) is 11.2. The average molecular weight is 517 g/mol. The molecule has 4 aliphatic rings. The molecule has 7 heteroatoms. The largest absolute Gasteiger partial charge is 0.505 e. The molecule has 0 spiro atoms. The minimum absolute atomic E-state index is 0.0387. The van der Waals surface area contributed by atoms with E-state index in [0.29, 0.717) is 12.8 Å². The SMILES string of the molecule is CC(C)(O)CCC(=O)C(C)(O)C1[C@H](O)C[C@@]2(C)[C@@H]3CC=C4[C@@H](C=C(O)C(=O)C4(C)C)[C@]3(C)C(=O)C[C@]12C. The van der Waals surface area contributed by atoms with Crippen LogP contribution in [0.15, 0.2) is 23.5 Å². The summed E-state index contributed by atoms with van der Waals surface area (Å²) in [7, 11) is 0. The molecule has 2 fully saturated rings. The smallest absolute Gasteiger partial charge is 0.206 e. The Kier molecular flexibility index (Phi) is 6.16. The predicted octanol–water partition coefficient (Wildman–Crippen LogP) is 3.84. The van der Waals surface area contributed by atoms with Crippen molar-refractivity contribution in [3.05, 3.63) is 23.5 Å². The molecular weight excluding hydrogens is 472 g/mol. The van der Waals surface area contributed by atoms with E-state index < -0.39 is 56.6 Å². The van der Waals surface area contributed by atoms with Crippen LogP contribution in [-0.4, -0.2) is 55.1 Å². The van der Waals surface area contributed by atoms with Gasteiger partial charge in [-0.05, 0) is 76.7 Å². The highest BCUT2D eigenvalue weighted by Gasteiger charge is 2.74. The zero-order chi connectivity index (χ0) is 28.1. The average Bonchev–Trinajstić information content (AvgIpc) is 2.96. The van der Waals surface area contributed by atoms with Crippen LogP contribution in [0.2, 0.25) is 0 Å². The predicted molar refractivity (Wildman–Crippen MR) is 138 cm³/mol. The maximum atomic E-state index is 14.2. The summed E-state index contributed by atoms with van der Waals surface area (Å²) in [6, 6.07) is 0. The fourth-order valence-electron chi connectivity index (χ4n) is 8.82. The van der Waals surface area contributed by atoms with Crippen LogP contribution in [0.3, 0.4) is 0 Å². The number of ketones is 3. The Balaban J connectivity index is 1.79. The molecule has 0 aromatic rings. The molecule has 2 saturated carbocycles. The van der Waals surface area contributed by atoms with Gasteiger partial charge in [-0.3, -0.25) is 14.4 Å². The number of rotatable bonds is 5. The zero-order valence-corrected chi connectivity index (χ0v) is 23.5. The van der Waals surface area contributed by atoms with Crippen molar-refractivity contribution in [1.29, 1.82) is 0 Å². The minimum atomic E-state index is -1.88. The molecule has 0 bridgehead atoms. The van der Waals surface area contributed by atoms with Gasteiger partial charge in [-0.15, -0.1) is 0 Å². The fraction of sp³-hybridized carbons (Fsp3) is 0.767. The first-order valence-electron chi connectivity index (χ1n) is 13.5. The van der Waals surface area contributed by atoms with Crippen LogP contribution >= 0.6 is 0 Å². The van der Waals surface area contributed by atoms with Gasteiger partial charge in [0.05, 0.1) is 17.1 Å². The highest BCUT2D eigenvalue weighted by molar-refractivity contribution is 6.02. The van der Waals surface area contributed by atoms with Crippen molar-refractivity contribution < 1.29 is 34.8 Å². The van der Waals surface area contributed by atoms with Crippen molar-refractivity contribution in [3.8, 4) is 0 Å². The second-order valence-corrected chi connectivity index (χ2v) is 14.3. The van der Waals surface area contributed by atoms with Gasteiger partial charge in [0, 0.05) is 30.1 Å². The number of hydrogen-bond donors (Lipinski definition) is 4. The normalized spacial score (nSPS) is 42.7. The van der Waals surface area contributed by atoms with Crippen LogP contribution in [0.4, 0.5) is 0 Å². The molecule has 8 atom stereocenters. The number of carbonyl (C=O) groups excluding carboxylic acids is 3. The summed E-state index contributed by atoms with van der Waals surface area (Å²) in [5, 5.41) is 43.7. The molecule has 4 N–H and O–H groups in total. The molecule has 0 radical (unpaired) electrons. The Morgan fingerprint density at radius 1 is 1.05 bits per heavy atom. The lowest BCUT2D eigenvalue weighted by Gasteiger charge is -2.63. The second-order valence-electron chi connectivity index (χ2n) is 14.3. The lowest BCUT2D eigenvalue weighted by Crippen LogP contribution is -2.64. The van der Waals surface area contributed by atoms with Gasteiger partial charge in [0.1, 0.15) is 11.4 Å². The Bertz CT molecular complexity index is 1110. The molecule has 0 saturated heterocycles. The van der Waals surface area contributed by atoms with Crippen molar-refractivity contribution in [1.82, 2.24) is 0 Å². The summed E-state index contributed by atoms with van der Waals surface area (Å²) in [6.07, 6.45) is 3.64. The van der Waals surface area contributed by atoms with Gasteiger partial charge in [0.2, 0.25) is 5.78 Å². The molecule has 0 heterocycles. The molecule has 0 aromatic heterocycles. The second kappa shape index (κ2) is 8.09. The number of carbonyl (C=O) groups is 3. The highest BCUT2D eigenvalue weighted by Crippen LogP contribution is 2.73. The third kappa shape index (κ3) is 3.67. The molecule has 0 aliphatic heterocycles. The highest BCUT2D eigenvalue weighted by atomic mass is 16.3. The summed E-state index contributed by atoms with van der Waals surface area (Å²) in [4.78, 5) is 40.2. The number of hydrogen-bond acceptors (Lipinski definition) is 7. The molecule has 0 aromatic carbocycles. The van der Waals surface area contributed by atoms with Crippen LogP contribution in [0.5, 0.6) is 0 Å². The monoisotopic (exact) mass is 516 g/mol. The van der Waals surface area contributed by atoms with Gasteiger partial charge in [-0.1, -0.05) is 32.4 Å². The van der Waals surface area contributed by atoms with Gasteiger partial charge in [0.25, 0.3) is 0 Å². The van der Waals surface area contributed by atoms with Crippen molar-refractivity contribution >= 4 is 17.3 Å². The quantitative estimate of drug-likeness (QED) is 0.408. The van der Waals surface area contributed by atoms with E-state index >= 15 is 0 Å². The van der Waals surface area contributed by atoms with E-state index in [0.717, 1.165) is 5.57 Å². The molecule has 206 valence electrons. The van der Waals surface area contributed by atoms with Gasteiger partial charge < -0.3 is 20.4 Å². The van der Waals surface area contributed by atoms with E-state index in [4.69, 9.17) is 0 Å². The van der Waals surface area contributed by atoms with E-state index in [1.165, 1.54) is 13.0 Å². The van der Waals surface area contributed by atoms with E-state index in [9.17, 15) is 34.8 Å². The Morgan fingerprint density at radius 3 is 2.22 bits per heavy atom. The Labute approximate surface area is 220 Å². The number of aliphatic hydroxyl groups is 4. The summed E-state index contributed by atoms with van der Waals surface area (Å²) in [5.74, 6) is -2.69. The summed E-state index contributed by atoms with van der Waals surface area (Å²) < 4.78 is 0. The van der Waals surface area contributed by atoms with Gasteiger partial charge >= 0.3 is 0 Å². The van der Waals surface area contributed by atoms with Crippen LogP contribution in [0.25, 0.3) is 0 Å². The molecule has 2 unspecified atom stereocenters. The van der Waals surface area contributed by atoms with Gasteiger partial charge in [-0.25, -0.2) is 0 Å². The summed E-state index contributed by atoms with van der Waals surface area (Å²) in [6.45, 7) is 14.1. The van der Waals surface area contributed by atoms with E-state index in [2.05, 4.69) is 6.92 Å². The number of Topliss-reactive ketones (excluding diaryl/α,β-unsaturated/α-hetero) is 3. The first-order valence-corrected chi connectivity index (χ1v) is 13.5. The number of aliphatic hydroxyl groups excluding tert-OH is 2. The molecule has 37 heavy (non-hydrogen) atoms. The van der Waals surface area contributed by atoms with Gasteiger partial charge in [-0.2, -0.15) is 0 Å². The topological polar surface area (TPSA) is 132 Å². The molecule has 0 amide bonds. The minimum Gasteiger partial charge on any atom is -0.505 e. The molecule has 4 aliphatic carbocycles. The Hall–Kier alpha value is -1.83. The van der Waals surface area contributed by atoms with Crippen molar-refractivity contribution in [2.45, 2.75) is 105 Å². The number of fused-ring (bicyclic) bond motifs is 5. The fourth-order valence-corrected chi connectivity index (χ4v) is 8.82. The lowest BCUT2D eigenvalue weighted by atomic mass is 9.39. The first-order chi connectivity index (χ1) is 16.7.